The van der Waals surface area contributed by atoms with Crippen molar-refractivity contribution in [2.75, 3.05) is 0 Å². The summed E-state index contributed by atoms with van der Waals surface area (Å²) in [5.74, 6) is 0. The summed E-state index contributed by atoms with van der Waals surface area (Å²) in [4.78, 5) is 17.3. The van der Waals surface area contributed by atoms with Crippen molar-refractivity contribution in [3.8, 4) is 0 Å². The molecule has 0 aliphatic rings. The van der Waals surface area contributed by atoms with E-state index >= 15 is 0 Å². The van der Waals surface area contributed by atoms with E-state index in [0.717, 1.165) is 6.07 Å². The first-order valence-corrected chi connectivity index (χ1v) is 5.63. The minimum atomic E-state index is -4.55. The highest BCUT2D eigenvalue weighted by Gasteiger charge is 2.33. The molecule has 0 saturated heterocycles. The SMILES string of the molecule is CC(N)Cc1[nH]c(=O)nc2c(C(F)(F)F)cccc12. The number of aromatic nitrogens is 2. The molecule has 0 radical (unpaired) electrons. The predicted molar refractivity (Wildman–Crippen MR) is 64.7 cm³/mol. The zero-order valence-electron chi connectivity index (χ0n) is 10.1. The third kappa shape index (κ3) is 2.76. The highest BCUT2D eigenvalue weighted by molar-refractivity contribution is 5.84. The summed E-state index contributed by atoms with van der Waals surface area (Å²) in [6, 6.07) is 3.40. The van der Waals surface area contributed by atoms with E-state index in [4.69, 9.17) is 5.73 Å². The highest BCUT2D eigenvalue weighted by atomic mass is 19.4. The number of nitrogens with zero attached hydrogens (tertiary/aromatic N) is 1. The summed E-state index contributed by atoms with van der Waals surface area (Å²) in [7, 11) is 0. The van der Waals surface area contributed by atoms with Crippen molar-refractivity contribution in [3.05, 3.63) is 39.9 Å². The van der Waals surface area contributed by atoms with Crippen LogP contribution >= 0.6 is 0 Å². The fourth-order valence-electron chi connectivity index (χ4n) is 1.95. The molecule has 19 heavy (non-hydrogen) atoms. The van der Waals surface area contributed by atoms with Crippen molar-refractivity contribution in [2.45, 2.75) is 25.6 Å². The molecule has 1 heterocycles. The molecule has 1 atom stereocenters. The van der Waals surface area contributed by atoms with Gasteiger partial charge in [0.2, 0.25) is 0 Å². The number of hydrogen-bond acceptors (Lipinski definition) is 3. The second kappa shape index (κ2) is 4.65. The highest BCUT2D eigenvalue weighted by Crippen LogP contribution is 2.33. The molecular weight excluding hydrogens is 259 g/mol. The number of para-hydroxylation sites is 1. The van der Waals surface area contributed by atoms with Crippen LogP contribution in [0.4, 0.5) is 13.2 Å². The van der Waals surface area contributed by atoms with E-state index in [0.29, 0.717) is 5.69 Å². The smallest absolute Gasteiger partial charge is 0.328 e. The Bertz CT molecular complexity index is 661. The third-order valence-electron chi connectivity index (χ3n) is 2.66. The van der Waals surface area contributed by atoms with Gasteiger partial charge in [0.25, 0.3) is 0 Å². The van der Waals surface area contributed by atoms with Gasteiger partial charge in [-0.25, -0.2) is 4.79 Å². The number of H-pyrrole nitrogens is 1. The first-order chi connectivity index (χ1) is 8.79. The molecular formula is C12H12F3N3O. The standard InChI is InChI=1S/C12H12F3N3O/c1-6(16)5-9-7-3-2-4-8(12(13,14)15)10(7)18-11(19)17-9/h2-4,6H,5,16H2,1H3,(H,17,18,19). The number of hydrogen-bond donors (Lipinski definition) is 2. The van der Waals surface area contributed by atoms with Gasteiger partial charge < -0.3 is 10.7 Å². The zero-order chi connectivity index (χ0) is 14.2. The van der Waals surface area contributed by atoms with Crippen LogP contribution in [0, 0.1) is 0 Å². The van der Waals surface area contributed by atoms with Crippen molar-refractivity contribution < 1.29 is 13.2 Å². The quantitative estimate of drug-likeness (QED) is 0.875. The molecule has 1 unspecified atom stereocenters. The Labute approximate surface area is 106 Å². The fraction of sp³-hybridized carbons (Fsp3) is 0.333. The second-order valence-corrected chi connectivity index (χ2v) is 4.40. The van der Waals surface area contributed by atoms with Crippen LogP contribution in [0.1, 0.15) is 18.2 Å². The lowest BCUT2D eigenvalue weighted by Crippen LogP contribution is -2.23. The number of alkyl halides is 3. The maximum Gasteiger partial charge on any atom is 0.418 e. The van der Waals surface area contributed by atoms with Gasteiger partial charge in [0.15, 0.2) is 0 Å². The number of aromatic amines is 1. The predicted octanol–water partition coefficient (Wildman–Crippen LogP) is 1.83. The monoisotopic (exact) mass is 271 g/mol. The van der Waals surface area contributed by atoms with Crippen molar-refractivity contribution in [1.29, 1.82) is 0 Å². The first-order valence-electron chi connectivity index (χ1n) is 5.63. The molecule has 4 nitrogen and oxygen atoms in total. The van der Waals surface area contributed by atoms with Gasteiger partial charge in [-0.1, -0.05) is 12.1 Å². The van der Waals surface area contributed by atoms with Gasteiger partial charge in [-0.15, -0.1) is 0 Å². The van der Waals surface area contributed by atoms with Crippen LogP contribution in [0.5, 0.6) is 0 Å². The van der Waals surface area contributed by atoms with E-state index in [-0.39, 0.29) is 23.4 Å². The first kappa shape index (κ1) is 13.5. The zero-order valence-corrected chi connectivity index (χ0v) is 10.1. The summed E-state index contributed by atoms with van der Waals surface area (Å²) in [5, 5.41) is 0.270. The van der Waals surface area contributed by atoms with E-state index in [1.807, 2.05) is 0 Å². The molecule has 2 aromatic rings. The van der Waals surface area contributed by atoms with Crippen LogP contribution in [0.15, 0.2) is 23.0 Å². The summed E-state index contributed by atoms with van der Waals surface area (Å²) >= 11 is 0. The molecule has 1 aromatic carbocycles. The van der Waals surface area contributed by atoms with E-state index < -0.39 is 17.4 Å². The summed E-state index contributed by atoms with van der Waals surface area (Å²) in [6.45, 7) is 1.71. The molecule has 0 amide bonds. The van der Waals surface area contributed by atoms with E-state index in [1.54, 1.807) is 6.92 Å². The van der Waals surface area contributed by atoms with E-state index in [9.17, 15) is 18.0 Å². The van der Waals surface area contributed by atoms with E-state index in [1.165, 1.54) is 12.1 Å². The topological polar surface area (TPSA) is 71.8 Å². The van der Waals surface area contributed by atoms with Crippen LogP contribution in [0.2, 0.25) is 0 Å². The third-order valence-corrected chi connectivity index (χ3v) is 2.66. The number of benzene rings is 1. The van der Waals surface area contributed by atoms with Crippen LogP contribution in [0.3, 0.4) is 0 Å². The van der Waals surface area contributed by atoms with Crippen molar-refractivity contribution in [2.24, 2.45) is 5.73 Å². The van der Waals surface area contributed by atoms with Crippen molar-refractivity contribution >= 4 is 10.9 Å². The summed E-state index contributed by atoms with van der Waals surface area (Å²) in [6.07, 6.45) is -4.28. The maximum atomic E-state index is 12.9. The molecule has 0 aliphatic carbocycles. The van der Waals surface area contributed by atoms with Gasteiger partial charge in [-0.3, -0.25) is 0 Å². The van der Waals surface area contributed by atoms with Gasteiger partial charge in [0.1, 0.15) is 0 Å². The van der Waals surface area contributed by atoms with Crippen molar-refractivity contribution in [1.82, 2.24) is 9.97 Å². The molecule has 1 aromatic heterocycles. The van der Waals surface area contributed by atoms with Gasteiger partial charge in [0.05, 0.1) is 11.1 Å². The van der Waals surface area contributed by atoms with E-state index in [2.05, 4.69) is 9.97 Å². The van der Waals surface area contributed by atoms with Crippen molar-refractivity contribution in [3.63, 3.8) is 0 Å². The van der Waals surface area contributed by atoms with Gasteiger partial charge in [-0.2, -0.15) is 18.2 Å². The minimum Gasteiger partial charge on any atom is -0.328 e. The molecule has 0 bridgehead atoms. The second-order valence-electron chi connectivity index (χ2n) is 4.40. The lowest BCUT2D eigenvalue weighted by Gasteiger charge is -2.12. The Morgan fingerprint density at radius 3 is 2.68 bits per heavy atom. The number of fused-ring (bicyclic) bond motifs is 1. The lowest BCUT2D eigenvalue weighted by molar-refractivity contribution is -0.136. The van der Waals surface area contributed by atoms with Gasteiger partial charge in [0, 0.05) is 23.5 Å². The molecule has 0 saturated carbocycles. The lowest BCUT2D eigenvalue weighted by atomic mass is 10.0. The normalized spacial score (nSPS) is 13.7. The Morgan fingerprint density at radius 2 is 2.11 bits per heavy atom. The molecule has 7 heteroatoms. The largest absolute Gasteiger partial charge is 0.418 e. The van der Waals surface area contributed by atoms with Crippen LogP contribution in [-0.2, 0) is 12.6 Å². The molecule has 0 spiro atoms. The minimum absolute atomic E-state index is 0.270. The summed E-state index contributed by atoms with van der Waals surface area (Å²) < 4.78 is 38.6. The molecule has 0 fully saturated rings. The molecule has 3 N–H and O–H groups in total. The van der Waals surface area contributed by atoms with Gasteiger partial charge in [-0.05, 0) is 13.0 Å². The Balaban J connectivity index is 2.77. The Morgan fingerprint density at radius 1 is 1.42 bits per heavy atom. The molecule has 102 valence electrons. The Kier molecular flexibility index (Phi) is 3.32. The summed E-state index contributed by atoms with van der Waals surface area (Å²) in [5.41, 5.74) is 3.94. The van der Waals surface area contributed by atoms with Crippen LogP contribution in [0.25, 0.3) is 10.9 Å². The number of halogens is 3. The number of rotatable bonds is 2. The Hall–Kier alpha value is -1.89. The fourth-order valence-corrected chi connectivity index (χ4v) is 1.95. The number of nitrogens with one attached hydrogen (secondary N) is 1. The van der Waals surface area contributed by atoms with Crippen LogP contribution in [-0.4, -0.2) is 16.0 Å². The average molecular weight is 271 g/mol. The molecule has 2 rings (SSSR count). The average Bonchev–Trinajstić information content (AvgIpc) is 2.25. The molecule has 0 aliphatic heterocycles. The maximum absolute atomic E-state index is 12.9. The van der Waals surface area contributed by atoms with Gasteiger partial charge >= 0.3 is 11.9 Å². The van der Waals surface area contributed by atoms with Crippen LogP contribution < -0.4 is 11.4 Å². The number of nitrogens with two attached hydrogens (primary N) is 1.